The Labute approximate surface area is 96.5 Å². The lowest BCUT2D eigenvalue weighted by Crippen LogP contribution is -2.35. The fourth-order valence-electron chi connectivity index (χ4n) is 2.97. The van der Waals surface area contributed by atoms with Gasteiger partial charge in [0, 0.05) is 13.0 Å². The van der Waals surface area contributed by atoms with Crippen molar-refractivity contribution in [2.75, 3.05) is 6.54 Å². The second kappa shape index (κ2) is 4.40. The van der Waals surface area contributed by atoms with Crippen molar-refractivity contribution in [1.29, 1.82) is 0 Å². The standard InChI is InChI=1S/C13H19NO2/c1-2-9-14-11(15)10-13(12(14)16)7-5-3-4-6-8-13/h2H,1,3-10H2. The molecule has 1 aliphatic carbocycles. The molecule has 1 saturated heterocycles. The van der Waals surface area contributed by atoms with Crippen LogP contribution in [-0.2, 0) is 9.59 Å². The maximum absolute atomic E-state index is 12.3. The van der Waals surface area contributed by atoms with Crippen LogP contribution in [0.1, 0.15) is 44.9 Å². The highest BCUT2D eigenvalue weighted by Gasteiger charge is 2.50. The normalized spacial score (nSPS) is 24.9. The van der Waals surface area contributed by atoms with Crippen molar-refractivity contribution in [3.05, 3.63) is 12.7 Å². The molecule has 0 aromatic heterocycles. The van der Waals surface area contributed by atoms with Crippen LogP contribution in [0.25, 0.3) is 0 Å². The molecule has 0 aromatic rings. The molecule has 1 aliphatic heterocycles. The van der Waals surface area contributed by atoms with E-state index in [0.29, 0.717) is 13.0 Å². The summed E-state index contributed by atoms with van der Waals surface area (Å²) in [5.74, 6) is 0.0473. The first kappa shape index (κ1) is 11.4. The van der Waals surface area contributed by atoms with Gasteiger partial charge in [0.25, 0.3) is 0 Å². The van der Waals surface area contributed by atoms with Crippen LogP contribution in [0.4, 0.5) is 0 Å². The largest absolute Gasteiger partial charge is 0.278 e. The maximum Gasteiger partial charge on any atom is 0.236 e. The molecule has 1 heterocycles. The van der Waals surface area contributed by atoms with Crippen molar-refractivity contribution in [2.24, 2.45) is 5.41 Å². The molecule has 0 atom stereocenters. The molecule has 88 valence electrons. The lowest BCUT2D eigenvalue weighted by atomic mass is 9.79. The summed E-state index contributed by atoms with van der Waals surface area (Å²) in [5.41, 5.74) is -0.351. The number of amides is 2. The Balaban J connectivity index is 2.19. The van der Waals surface area contributed by atoms with Gasteiger partial charge in [-0.3, -0.25) is 14.5 Å². The Morgan fingerprint density at radius 2 is 1.81 bits per heavy atom. The monoisotopic (exact) mass is 221 g/mol. The van der Waals surface area contributed by atoms with E-state index in [0.717, 1.165) is 25.7 Å². The lowest BCUT2D eigenvalue weighted by Gasteiger charge is -2.24. The maximum atomic E-state index is 12.3. The minimum atomic E-state index is -0.351. The van der Waals surface area contributed by atoms with Crippen molar-refractivity contribution in [3.63, 3.8) is 0 Å². The van der Waals surface area contributed by atoms with Crippen LogP contribution in [0.2, 0.25) is 0 Å². The summed E-state index contributed by atoms with van der Waals surface area (Å²) in [4.78, 5) is 25.5. The second-order valence-electron chi connectivity index (χ2n) is 4.97. The third kappa shape index (κ3) is 1.79. The van der Waals surface area contributed by atoms with Crippen LogP contribution in [0, 0.1) is 5.41 Å². The Bertz CT molecular complexity index is 314. The van der Waals surface area contributed by atoms with Crippen molar-refractivity contribution >= 4 is 11.8 Å². The molecule has 0 bridgehead atoms. The van der Waals surface area contributed by atoms with E-state index < -0.39 is 0 Å². The third-order valence-corrected chi connectivity index (χ3v) is 3.86. The molecule has 0 aromatic carbocycles. The molecule has 2 amide bonds. The van der Waals surface area contributed by atoms with Crippen molar-refractivity contribution in [2.45, 2.75) is 44.9 Å². The highest BCUT2D eigenvalue weighted by molar-refractivity contribution is 6.06. The smallest absolute Gasteiger partial charge is 0.236 e. The van der Waals surface area contributed by atoms with Gasteiger partial charge in [0.2, 0.25) is 11.8 Å². The molecular formula is C13H19NO2. The SMILES string of the molecule is C=CCN1C(=O)CC2(CCCCCC2)C1=O. The van der Waals surface area contributed by atoms with Gasteiger partial charge in [0.05, 0.1) is 5.41 Å². The molecule has 1 spiro atoms. The zero-order valence-corrected chi connectivity index (χ0v) is 9.71. The fraction of sp³-hybridized carbons (Fsp3) is 0.692. The van der Waals surface area contributed by atoms with Crippen LogP contribution < -0.4 is 0 Å². The van der Waals surface area contributed by atoms with Gasteiger partial charge in [0.15, 0.2) is 0 Å². The van der Waals surface area contributed by atoms with Gasteiger partial charge in [-0.1, -0.05) is 31.8 Å². The highest BCUT2D eigenvalue weighted by Crippen LogP contribution is 2.44. The average Bonchev–Trinajstić information content (AvgIpc) is 2.48. The molecule has 0 radical (unpaired) electrons. The first-order valence-electron chi connectivity index (χ1n) is 6.15. The van der Waals surface area contributed by atoms with E-state index in [9.17, 15) is 9.59 Å². The molecule has 2 aliphatic rings. The molecule has 0 unspecified atom stereocenters. The van der Waals surface area contributed by atoms with Crippen molar-refractivity contribution in [1.82, 2.24) is 4.90 Å². The summed E-state index contributed by atoms with van der Waals surface area (Å²) < 4.78 is 0. The molecule has 3 heteroatoms. The fourth-order valence-corrected chi connectivity index (χ4v) is 2.97. The molecule has 2 rings (SSSR count). The van der Waals surface area contributed by atoms with Gasteiger partial charge in [-0.25, -0.2) is 0 Å². The Hall–Kier alpha value is -1.12. The summed E-state index contributed by atoms with van der Waals surface area (Å²) in [6.07, 6.45) is 8.42. The predicted octanol–water partition coefficient (Wildman–Crippen LogP) is 2.27. The lowest BCUT2D eigenvalue weighted by molar-refractivity contribution is -0.141. The van der Waals surface area contributed by atoms with E-state index in [2.05, 4.69) is 6.58 Å². The third-order valence-electron chi connectivity index (χ3n) is 3.86. The number of carbonyl (C=O) groups excluding carboxylic acids is 2. The molecule has 1 saturated carbocycles. The van der Waals surface area contributed by atoms with Gasteiger partial charge >= 0.3 is 0 Å². The van der Waals surface area contributed by atoms with E-state index in [-0.39, 0.29) is 17.2 Å². The first-order valence-corrected chi connectivity index (χ1v) is 6.15. The van der Waals surface area contributed by atoms with E-state index >= 15 is 0 Å². The number of rotatable bonds is 2. The Morgan fingerprint density at radius 1 is 1.19 bits per heavy atom. The minimum Gasteiger partial charge on any atom is -0.278 e. The van der Waals surface area contributed by atoms with E-state index in [4.69, 9.17) is 0 Å². The van der Waals surface area contributed by atoms with Gasteiger partial charge < -0.3 is 0 Å². The molecule has 3 nitrogen and oxygen atoms in total. The number of hydrogen-bond acceptors (Lipinski definition) is 2. The quantitative estimate of drug-likeness (QED) is 0.530. The van der Waals surface area contributed by atoms with Gasteiger partial charge in [0.1, 0.15) is 0 Å². The van der Waals surface area contributed by atoms with Crippen LogP contribution in [0.3, 0.4) is 0 Å². The zero-order valence-electron chi connectivity index (χ0n) is 9.71. The summed E-state index contributed by atoms with van der Waals surface area (Å²) in [7, 11) is 0. The first-order chi connectivity index (χ1) is 7.69. The molecule has 16 heavy (non-hydrogen) atoms. The van der Waals surface area contributed by atoms with Gasteiger partial charge in [-0.05, 0) is 12.8 Å². The van der Waals surface area contributed by atoms with Crippen LogP contribution in [0.15, 0.2) is 12.7 Å². The summed E-state index contributed by atoms with van der Waals surface area (Å²) in [6, 6.07) is 0. The molecular weight excluding hydrogens is 202 g/mol. The van der Waals surface area contributed by atoms with E-state index in [1.807, 2.05) is 0 Å². The highest BCUT2D eigenvalue weighted by atomic mass is 16.2. The van der Waals surface area contributed by atoms with Crippen LogP contribution in [-0.4, -0.2) is 23.3 Å². The minimum absolute atomic E-state index is 0.00759. The van der Waals surface area contributed by atoms with E-state index in [1.165, 1.54) is 17.7 Å². The number of carbonyl (C=O) groups is 2. The summed E-state index contributed by atoms with van der Waals surface area (Å²) in [6.45, 7) is 3.97. The van der Waals surface area contributed by atoms with Crippen molar-refractivity contribution < 1.29 is 9.59 Å². The number of nitrogens with zero attached hydrogens (tertiary/aromatic N) is 1. The topological polar surface area (TPSA) is 37.4 Å². The second-order valence-corrected chi connectivity index (χ2v) is 4.97. The number of imide groups is 1. The Morgan fingerprint density at radius 3 is 2.38 bits per heavy atom. The van der Waals surface area contributed by atoms with E-state index in [1.54, 1.807) is 6.08 Å². The number of hydrogen-bond donors (Lipinski definition) is 0. The number of likely N-dealkylation sites (tertiary alicyclic amines) is 1. The predicted molar refractivity (Wildman–Crippen MR) is 61.7 cm³/mol. The molecule has 2 fully saturated rings. The Kier molecular flexibility index (Phi) is 3.13. The zero-order chi connectivity index (χ0) is 11.6. The molecule has 0 N–H and O–H groups in total. The van der Waals surface area contributed by atoms with Crippen LogP contribution >= 0.6 is 0 Å². The summed E-state index contributed by atoms with van der Waals surface area (Å²) in [5, 5.41) is 0. The van der Waals surface area contributed by atoms with Crippen molar-refractivity contribution in [3.8, 4) is 0 Å². The van der Waals surface area contributed by atoms with Crippen LogP contribution in [0.5, 0.6) is 0 Å². The van der Waals surface area contributed by atoms with Gasteiger partial charge in [-0.2, -0.15) is 0 Å². The van der Waals surface area contributed by atoms with Gasteiger partial charge in [-0.15, -0.1) is 6.58 Å². The summed E-state index contributed by atoms with van der Waals surface area (Å²) >= 11 is 0. The average molecular weight is 221 g/mol.